The third-order valence-corrected chi connectivity index (χ3v) is 0.977. The summed E-state index contributed by atoms with van der Waals surface area (Å²) in [5.74, 6) is -0.257. The van der Waals surface area contributed by atoms with Gasteiger partial charge in [-0.15, -0.1) is 0 Å². The van der Waals surface area contributed by atoms with Crippen LogP contribution in [0, 0.1) is 13.8 Å². The van der Waals surface area contributed by atoms with Gasteiger partial charge in [0.05, 0.1) is 0 Å². The molecule has 0 saturated carbocycles. The van der Waals surface area contributed by atoms with E-state index in [1.165, 1.54) is 6.92 Å². The Balaban J connectivity index is 3.43. The zero-order valence-corrected chi connectivity index (χ0v) is 5.72. The number of carbonyl (C=O) groups excluding carboxylic acids is 1. The molecule has 0 saturated heterocycles. The highest BCUT2D eigenvalue weighted by atomic mass is 16.5. The summed E-state index contributed by atoms with van der Waals surface area (Å²) < 4.78 is 4.78. The van der Waals surface area contributed by atoms with E-state index < -0.39 is 0 Å². The van der Waals surface area contributed by atoms with Crippen LogP contribution >= 0.6 is 0 Å². The largest absolute Gasteiger partial charge is 0.463 e. The molecule has 0 unspecified atom stereocenters. The summed E-state index contributed by atoms with van der Waals surface area (Å²) in [5.41, 5.74) is 0. The van der Waals surface area contributed by atoms with Gasteiger partial charge in [0.2, 0.25) is 0 Å². The summed E-state index contributed by atoms with van der Waals surface area (Å²) in [4.78, 5) is 10.3. The van der Waals surface area contributed by atoms with Crippen molar-refractivity contribution < 1.29 is 9.53 Å². The third-order valence-electron chi connectivity index (χ3n) is 0.977. The van der Waals surface area contributed by atoms with Gasteiger partial charge in [-0.3, -0.25) is 4.79 Å². The average molecular weight is 128 g/mol. The van der Waals surface area contributed by atoms with Crippen molar-refractivity contribution in [2.24, 2.45) is 0 Å². The van der Waals surface area contributed by atoms with E-state index in [2.05, 4.69) is 13.8 Å². The fourth-order valence-corrected chi connectivity index (χ4v) is 0.497. The van der Waals surface area contributed by atoms with Crippen molar-refractivity contribution in [1.82, 2.24) is 0 Å². The van der Waals surface area contributed by atoms with Gasteiger partial charge < -0.3 is 4.74 Å². The Labute approximate surface area is 56.2 Å². The molecule has 2 nitrogen and oxygen atoms in total. The number of hydrogen-bond acceptors (Lipinski definition) is 2. The maximum atomic E-state index is 10.3. The lowest BCUT2D eigenvalue weighted by Gasteiger charge is -2.10. The Morgan fingerprint density at radius 2 is 2.00 bits per heavy atom. The molecule has 0 N–H and O–H groups in total. The zero-order chi connectivity index (χ0) is 7.28. The molecule has 0 spiro atoms. The standard InChI is InChI=1S/C7H12O2/c1-4-7(5-2)9-6(3)8/h7H,1-2,4-5H2,3H3. The van der Waals surface area contributed by atoms with E-state index in [0.717, 1.165) is 0 Å². The van der Waals surface area contributed by atoms with Crippen molar-refractivity contribution in [3.8, 4) is 0 Å². The smallest absolute Gasteiger partial charge is 0.302 e. The van der Waals surface area contributed by atoms with E-state index in [0.29, 0.717) is 12.8 Å². The van der Waals surface area contributed by atoms with Gasteiger partial charge in [0, 0.05) is 6.92 Å². The molecule has 0 atom stereocenters. The van der Waals surface area contributed by atoms with Crippen LogP contribution in [0.25, 0.3) is 0 Å². The first-order valence-corrected chi connectivity index (χ1v) is 2.96. The molecule has 2 radical (unpaired) electrons. The second kappa shape index (κ2) is 4.36. The second-order valence-electron chi connectivity index (χ2n) is 1.81. The molecule has 0 aromatic carbocycles. The van der Waals surface area contributed by atoms with Gasteiger partial charge in [0.25, 0.3) is 0 Å². The number of esters is 1. The van der Waals surface area contributed by atoms with Crippen LogP contribution in [0.1, 0.15) is 19.8 Å². The minimum atomic E-state index is -0.257. The second-order valence-corrected chi connectivity index (χ2v) is 1.81. The zero-order valence-electron chi connectivity index (χ0n) is 5.72. The maximum absolute atomic E-state index is 10.3. The molecule has 0 amide bonds. The Hall–Kier alpha value is -0.530. The van der Waals surface area contributed by atoms with Crippen LogP contribution in [0.5, 0.6) is 0 Å². The molecule has 52 valence electrons. The van der Waals surface area contributed by atoms with E-state index in [1.807, 2.05) is 0 Å². The van der Waals surface area contributed by atoms with Gasteiger partial charge in [0.15, 0.2) is 0 Å². The van der Waals surface area contributed by atoms with Crippen LogP contribution in [-0.2, 0) is 9.53 Å². The lowest BCUT2D eigenvalue weighted by atomic mass is 10.2. The molecule has 0 aromatic heterocycles. The van der Waals surface area contributed by atoms with Crippen molar-refractivity contribution in [2.75, 3.05) is 0 Å². The lowest BCUT2D eigenvalue weighted by molar-refractivity contribution is -0.146. The van der Waals surface area contributed by atoms with Crippen molar-refractivity contribution in [3.05, 3.63) is 13.8 Å². The van der Waals surface area contributed by atoms with E-state index >= 15 is 0 Å². The van der Waals surface area contributed by atoms with Crippen LogP contribution in [0.3, 0.4) is 0 Å². The first kappa shape index (κ1) is 8.47. The van der Waals surface area contributed by atoms with Crippen LogP contribution in [0.15, 0.2) is 0 Å². The van der Waals surface area contributed by atoms with Crippen molar-refractivity contribution >= 4 is 5.97 Å². The normalized spacial score (nSPS) is 9.78. The Morgan fingerprint density at radius 1 is 1.56 bits per heavy atom. The highest BCUT2D eigenvalue weighted by molar-refractivity contribution is 5.66. The van der Waals surface area contributed by atoms with Crippen molar-refractivity contribution in [2.45, 2.75) is 25.9 Å². The summed E-state index contributed by atoms with van der Waals surface area (Å²) in [6, 6.07) is 0. The average Bonchev–Trinajstić information content (AvgIpc) is 1.82. The predicted molar refractivity (Wildman–Crippen MR) is 35.5 cm³/mol. The molecule has 0 aromatic rings. The minimum absolute atomic E-state index is 0.0949. The third kappa shape index (κ3) is 4.01. The van der Waals surface area contributed by atoms with Gasteiger partial charge in [0.1, 0.15) is 6.10 Å². The summed E-state index contributed by atoms with van der Waals surface area (Å²) in [6.45, 7) is 8.57. The number of rotatable bonds is 3. The van der Waals surface area contributed by atoms with E-state index in [9.17, 15) is 4.79 Å². The summed E-state index contributed by atoms with van der Waals surface area (Å²) in [7, 11) is 0. The molecule has 0 aliphatic heterocycles. The van der Waals surface area contributed by atoms with Gasteiger partial charge in [-0.25, -0.2) is 0 Å². The molecular formula is C7H12O2. The molecule has 0 aliphatic carbocycles. The number of carbonyl (C=O) groups is 1. The molecule has 9 heavy (non-hydrogen) atoms. The maximum Gasteiger partial charge on any atom is 0.302 e. The SMILES string of the molecule is [CH2]CC(C[CH2])OC(C)=O. The molecule has 0 rings (SSSR count). The van der Waals surface area contributed by atoms with Gasteiger partial charge in [-0.2, -0.15) is 0 Å². The van der Waals surface area contributed by atoms with Gasteiger partial charge in [-0.05, 0) is 26.7 Å². The molecule has 0 fully saturated rings. The summed E-state index contributed by atoms with van der Waals surface area (Å²) in [6.07, 6.45) is 1.11. The summed E-state index contributed by atoms with van der Waals surface area (Å²) >= 11 is 0. The van der Waals surface area contributed by atoms with E-state index in [1.54, 1.807) is 0 Å². The van der Waals surface area contributed by atoms with E-state index in [4.69, 9.17) is 4.74 Å². The quantitative estimate of drug-likeness (QED) is 0.536. The first-order valence-electron chi connectivity index (χ1n) is 2.96. The number of hydrogen-bond donors (Lipinski definition) is 0. The molecule has 0 aliphatic rings. The Bertz CT molecular complexity index is 84.9. The molecule has 2 heteroatoms. The van der Waals surface area contributed by atoms with Crippen molar-refractivity contribution in [1.29, 1.82) is 0 Å². The van der Waals surface area contributed by atoms with Gasteiger partial charge in [-0.1, -0.05) is 0 Å². The van der Waals surface area contributed by atoms with Crippen LogP contribution in [-0.4, -0.2) is 12.1 Å². The Kier molecular flexibility index (Phi) is 4.10. The molecule has 0 bridgehead atoms. The topological polar surface area (TPSA) is 26.3 Å². The fourth-order valence-electron chi connectivity index (χ4n) is 0.497. The fraction of sp³-hybridized carbons (Fsp3) is 0.571. The highest BCUT2D eigenvalue weighted by Gasteiger charge is 2.04. The van der Waals surface area contributed by atoms with E-state index in [-0.39, 0.29) is 12.1 Å². The van der Waals surface area contributed by atoms with Crippen LogP contribution in [0.2, 0.25) is 0 Å². The molecule has 0 heterocycles. The minimum Gasteiger partial charge on any atom is -0.463 e. The van der Waals surface area contributed by atoms with Crippen LogP contribution < -0.4 is 0 Å². The predicted octanol–water partition coefficient (Wildman–Crippen LogP) is 1.37. The van der Waals surface area contributed by atoms with Crippen molar-refractivity contribution in [3.63, 3.8) is 0 Å². The van der Waals surface area contributed by atoms with Gasteiger partial charge >= 0.3 is 5.97 Å². The summed E-state index contributed by atoms with van der Waals surface area (Å²) in [5, 5.41) is 0. The monoisotopic (exact) mass is 128 g/mol. The highest BCUT2D eigenvalue weighted by Crippen LogP contribution is 2.01. The first-order chi connectivity index (χ1) is 4.20. The Morgan fingerprint density at radius 3 is 2.11 bits per heavy atom. The van der Waals surface area contributed by atoms with Crippen LogP contribution in [0.4, 0.5) is 0 Å². The lowest BCUT2D eigenvalue weighted by Crippen LogP contribution is -2.13. The number of ether oxygens (including phenoxy) is 1. The molecular weight excluding hydrogens is 116 g/mol.